The van der Waals surface area contributed by atoms with Gasteiger partial charge in [-0.25, -0.2) is 0 Å². The zero-order valence-electron chi connectivity index (χ0n) is 8.83. The van der Waals surface area contributed by atoms with E-state index < -0.39 is 12.1 Å². The van der Waals surface area contributed by atoms with E-state index in [2.05, 4.69) is 10.6 Å². The maximum atomic E-state index is 11.7. The predicted octanol–water partition coefficient (Wildman–Crippen LogP) is 1.30. The van der Waals surface area contributed by atoms with Crippen LogP contribution in [-0.2, 0) is 4.79 Å². The highest BCUT2D eigenvalue weighted by molar-refractivity contribution is 6.31. The normalized spacial score (nSPS) is 20.4. The largest absolute Gasteiger partial charge is 0.392 e. The minimum absolute atomic E-state index is 0.113. The second kappa shape index (κ2) is 4.41. The monoisotopic (exact) mass is 240 g/mol. The number of rotatable bonds is 3. The van der Waals surface area contributed by atoms with Gasteiger partial charge in [0, 0.05) is 22.8 Å². The van der Waals surface area contributed by atoms with Crippen molar-refractivity contribution in [3.63, 3.8) is 0 Å². The molecule has 0 saturated heterocycles. The fourth-order valence-corrected chi connectivity index (χ4v) is 1.90. The molecule has 0 radical (unpaired) electrons. The van der Waals surface area contributed by atoms with E-state index in [-0.39, 0.29) is 5.91 Å². The second-order valence-corrected chi connectivity index (χ2v) is 4.35. The van der Waals surface area contributed by atoms with Gasteiger partial charge in [-0.15, -0.1) is 0 Å². The van der Waals surface area contributed by atoms with Gasteiger partial charge in [0.15, 0.2) is 0 Å². The highest BCUT2D eigenvalue weighted by atomic mass is 35.5. The number of anilines is 1. The van der Waals surface area contributed by atoms with Crippen LogP contribution in [0.5, 0.6) is 0 Å². The summed E-state index contributed by atoms with van der Waals surface area (Å²) in [6.45, 7) is 2.04. The smallest absolute Gasteiger partial charge is 0.246 e. The first kappa shape index (κ1) is 11.4. The van der Waals surface area contributed by atoms with Gasteiger partial charge in [0.1, 0.15) is 6.04 Å². The molecule has 1 aliphatic rings. The third-order valence-corrected chi connectivity index (χ3v) is 2.70. The summed E-state index contributed by atoms with van der Waals surface area (Å²) in [5.74, 6) is -0.113. The Balaban J connectivity index is 2.19. The van der Waals surface area contributed by atoms with Crippen LogP contribution in [0.1, 0.15) is 18.5 Å². The van der Waals surface area contributed by atoms with Crippen molar-refractivity contribution in [2.45, 2.75) is 19.1 Å². The van der Waals surface area contributed by atoms with Crippen molar-refractivity contribution in [2.75, 3.05) is 11.9 Å². The van der Waals surface area contributed by atoms with Crippen LogP contribution in [0.25, 0.3) is 0 Å². The molecule has 1 amide bonds. The van der Waals surface area contributed by atoms with E-state index in [1.54, 1.807) is 19.1 Å². The maximum absolute atomic E-state index is 11.7. The van der Waals surface area contributed by atoms with E-state index in [0.717, 1.165) is 11.3 Å². The SMILES string of the molecule is CC(O)CNC1C(=O)Nc2cc(Cl)ccc21. The molecule has 2 unspecified atom stereocenters. The summed E-state index contributed by atoms with van der Waals surface area (Å²) in [6.07, 6.45) is -0.482. The van der Waals surface area contributed by atoms with E-state index in [9.17, 15) is 9.90 Å². The standard InChI is InChI=1S/C11H13ClN2O2/c1-6(15)5-13-10-8-3-2-7(12)4-9(8)14-11(10)16/h2-4,6,10,13,15H,5H2,1H3,(H,14,16). The summed E-state index contributed by atoms with van der Waals surface area (Å²) in [7, 11) is 0. The lowest BCUT2D eigenvalue weighted by atomic mass is 10.1. The summed E-state index contributed by atoms with van der Waals surface area (Å²) in [4.78, 5) is 11.7. The predicted molar refractivity (Wildman–Crippen MR) is 62.5 cm³/mol. The van der Waals surface area contributed by atoms with Gasteiger partial charge in [-0.3, -0.25) is 10.1 Å². The number of benzene rings is 1. The average molecular weight is 241 g/mol. The van der Waals surface area contributed by atoms with E-state index in [1.807, 2.05) is 6.07 Å². The molecule has 16 heavy (non-hydrogen) atoms. The summed E-state index contributed by atoms with van der Waals surface area (Å²) in [5.41, 5.74) is 1.61. The van der Waals surface area contributed by atoms with Gasteiger partial charge < -0.3 is 10.4 Å². The summed E-state index contributed by atoms with van der Waals surface area (Å²) in [5, 5.41) is 15.5. The first-order valence-electron chi connectivity index (χ1n) is 5.09. The van der Waals surface area contributed by atoms with Crippen LogP contribution in [0.15, 0.2) is 18.2 Å². The molecule has 0 aromatic heterocycles. The average Bonchev–Trinajstić information content (AvgIpc) is 2.50. The van der Waals surface area contributed by atoms with E-state index >= 15 is 0 Å². The third kappa shape index (κ3) is 2.19. The van der Waals surface area contributed by atoms with Crippen molar-refractivity contribution in [2.24, 2.45) is 0 Å². The van der Waals surface area contributed by atoms with Crippen LogP contribution < -0.4 is 10.6 Å². The van der Waals surface area contributed by atoms with Gasteiger partial charge in [0.2, 0.25) is 5.91 Å². The zero-order valence-corrected chi connectivity index (χ0v) is 9.58. The molecule has 1 aliphatic heterocycles. The number of halogens is 1. The summed E-state index contributed by atoms with van der Waals surface area (Å²) in [6, 6.07) is 4.88. The molecule has 0 saturated carbocycles. The van der Waals surface area contributed by atoms with Crippen LogP contribution in [-0.4, -0.2) is 23.7 Å². The van der Waals surface area contributed by atoms with Crippen LogP contribution in [0.4, 0.5) is 5.69 Å². The molecule has 86 valence electrons. The fraction of sp³-hybridized carbons (Fsp3) is 0.364. The van der Waals surface area contributed by atoms with E-state index in [0.29, 0.717) is 11.6 Å². The molecule has 0 spiro atoms. The quantitative estimate of drug-likeness (QED) is 0.747. The second-order valence-electron chi connectivity index (χ2n) is 3.91. The first-order chi connectivity index (χ1) is 7.58. The number of aliphatic hydroxyl groups excluding tert-OH is 1. The van der Waals surface area contributed by atoms with Crippen molar-refractivity contribution in [3.8, 4) is 0 Å². The van der Waals surface area contributed by atoms with Crippen molar-refractivity contribution in [3.05, 3.63) is 28.8 Å². The Morgan fingerprint density at radius 3 is 3.06 bits per heavy atom. The number of carbonyl (C=O) groups excluding carboxylic acids is 1. The Kier molecular flexibility index (Phi) is 3.14. The molecular weight excluding hydrogens is 228 g/mol. The van der Waals surface area contributed by atoms with Crippen molar-refractivity contribution in [1.29, 1.82) is 0 Å². The van der Waals surface area contributed by atoms with Gasteiger partial charge in [-0.05, 0) is 19.1 Å². The molecule has 4 nitrogen and oxygen atoms in total. The Labute approximate surface area is 98.6 Å². The molecular formula is C11H13ClN2O2. The highest BCUT2D eigenvalue weighted by Crippen LogP contribution is 2.32. The molecule has 2 atom stereocenters. The third-order valence-electron chi connectivity index (χ3n) is 2.46. The Bertz CT molecular complexity index is 420. The molecule has 5 heteroatoms. The first-order valence-corrected chi connectivity index (χ1v) is 5.47. The van der Waals surface area contributed by atoms with Gasteiger partial charge in [-0.2, -0.15) is 0 Å². The molecule has 0 bridgehead atoms. The van der Waals surface area contributed by atoms with E-state index in [1.165, 1.54) is 0 Å². The van der Waals surface area contributed by atoms with Crippen molar-refractivity contribution in [1.82, 2.24) is 5.32 Å². The van der Waals surface area contributed by atoms with Gasteiger partial charge in [0.25, 0.3) is 0 Å². The number of fused-ring (bicyclic) bond motifs is 1. The fourth-order valence-electron chi connectivity index (χ4n) is 1.73. The molecule has 0 fully saturated rings. The number of nitrogens with one attached hydrogen (secondary N) is 2. The molecule has 3 N–H and O–H groups in total. The van der Waals surface area contributed by atoms with Gasteiger partial charge in [-0.1, -0.05) is 17.7 Å². The molecule has 0 aliphatic carbocycles. The minimum atomic E-state index is -0.482. The Morgan fingerprint density at radius 1 is 1.62 bits per heavy atom. The Hall–Kier alpha value is -1.10. The topological polar surface area (TPSA) is 61.4 Å². The number of amides is 1. The lowest BCUT2D eigenvalue weighted by Crippen LogP contribution is -2.32. The van der Waals surface area contributed by atoms with Gasteiger partial charge >= 0.3 is 0 Å². The number of aliphatic hydroxyl groups is 1. The number of carbonyl (C=O) groups is 1. The zero-order chi connectivity index (χ0) is 11.7. The summed E-state index contributed by atoms with van der Waals surface area (Å²) < 4.78 is 0. The highest BCUT2D eigenvalue weighted by Gasteiger charge is 2.30. The van der Waals surface area contributed by atoms with Crippen LogP contribution in [0.3, 0.4) is 0 Å². The molecule has 1 heterocycles. The minimum Gasteiger partial charge on any atom is -0.392 e. The molecule has 2 rings (SSSR count). The molecule has 1 aromatic carbocycles. The van der Waals surface area contributed by atoms with Crippen LogP contribution >= 0.6 is 11.6 Å². The number of hydrogen-bond acceptors (Lipinski definition) is 3. The lowest BCUT2D eigenvalue weighted by molar-refractivity contribution is -0.117. The number of hydrogen-bond donors (Lipinski definition) is 3. The van der Waals surface area contributed by atoms with Gasteiger partial charge in [0.05, 0.1) is 6.10 Å². The van der Waals surface area contributed by atoms with Crippen LogP contribution in [0.2, 0.25) is 5.02 Å². The Morgan fingerprint density at radius 2 is 2.38 bits per heavy atom. The van der Waals surface area contributed by atoms with E-state index in [4.69, 9.17) is 11.6 Å². The van der Waals surface area contributed by atoms with Crippen molar-refractivity contribution >= 4 is 23.2 Å². The maximum Gasteiger partial charge on any atom is 0.246 e. The van der Waals surface area contributed by atoms with Crippen molar-refractivity contribution < 1.29 is 9.90 Å². The molecule has 1 aromatic rings. The summed E-state index contributed by atoms with van der Waals surface area (Å²) >= 11 is 5.83. The lowest BCUT2D eigenvalue weighted by Gasteiger charge is -2.12. The van der Waals surface area contributed by atoms with Crippen LogP contribution in [0, 0.1) is 0 Å².